The lowest BCUT2D eigenvalue weighted by molar-refractivity contribution is -0.133. The molecule has 1 aromatic rings. The molecule has 0 saturated heterocycles. The van der Waals surface area contributed by atoms with Gasteiger partial charge in [-0.2, -0.15) is 0 Å². The lowest BCUT2D eigenvalue weighted by Crippen LogP contribution is -2.49. The second-order valence-electron chi connectivity index (χ2n) is 8.41. The van der Waals surface area contributed by atoms with Crippen LogP contribution in [-0.2, 0) is 6.42 Å². The fourth-order valence-electron chi connectivity index (χ4n) is 3.99. The first-order valence-electron chi connectivity index (χ1n) is 11.7. The third-order valence-electron chi connectivity index (χ3n) is 5.56. The Morgan fingerprint density at radius 1 is 0.750 bits per heavy atom. The Hall–Kier alpha value is -1.51. The van der Waals surface area contributed by atoms with Crippen molar-refractivity contribution in [2.45, 2.75) is 117 Å². The molecule has 0 bridgehead atoms. The molecule has 3 nitrogen and oxygen atoms in total. The molecule has 0 radical (unpaired) electrons. The summed E-state index contributed by atoms with van der Waals surface area (Å²) in [5, 5.41) is 5.47. The average molecular weight is 390 g/mol. The maximum absolute atomic E-state index is 5.47. The van der Waals surface area contributed by atoms with Crippen molar-refractivity contribution in [3.63, 3.8) is 0 Å². The molecule has 0 fully saturated rings. The number of nitrogens with two attached hydrogens (primary N) is 2. The van der Waals surface area contributed by atoms with E-state index in [2.05, 4.69) is 32.9 Å². The van der Waals surface area contributed by atoms with Crippen LogP contribution >= 0.6 is 0 Å². The van der Waals surface area contributed by atoms with Gasteiger partial charge in [0.1, 0.15) is 5.75 Å². The minimum Gasteiger partial charge on any atom is -0.392 e. The maximum atomic E-state index is 5.47. The first-order valence-corrected chi connectivity index (χ1v) is 11.7. The Balaban J connectivity index is 2.02. The molecule has 4 N–H and O–H groups in total. The van der Waals surface area contributed by atoms with Gasteiger partial charge in [0, 0.05) is 0 Å². The zero-order valence-electron chi connectivity index (χ0n) is 18.8. The highest BCUT2D eigenvalue weighted by atomic mass is 16.5. The quantitative estimate of drug-likeness (QED) is 0.214. The van der Waals surface area contributed by atoms with Gasteiger partial charge in [-0.05, 0) is 43.4 Å². The van der Waals surface area contributed by atoms with Crippen LogP contribution in [-0.4, -0.2) is 6.02 Å². The van der Waals surface area contributed by atoms with E-state index in [1.807, 2.05) is 0 Å². The predicted molar refractivity (Wildman–Crippen MR) is 122 cm³/mol. The monoisotopic (exact) mass is 389 g/mol. The number of amidine groups is 1. The number of aryl methyl sites for hydroxylation is 3. The molecule has 0 amide bonds. The summed E-state index contributed by atoms with van der Waals surface area (Å²) in [6.07, 6.45) is 20.8. The van der Waals surface area contributed by atoms with Crippen molar-refractivity contribution < 1.29 is 10.1 Å². The average Bonchev–Trinajstić information content (AvgIpc) is 2.65. The molecule has 3 heteroatoms. The van der Waals surface area contributed by atoms with Gasteiger partial charge >= 0.3 is 6.02 Å². The van der Waals surface area contributed by atoms with Crippen molar-refractivity contribution >= 4 is 6.02 Å². The molecule has 0 unspecified atom stereocenters. The smallest absolute Gasteiger partial charge is 0.392 e. The summed E-state index contributed by atoms with van der Waals surface area (Å²) in [6.45, 7) is 6.40. The summed E-state index contributed by atoms with van der Waals surface area (Å²) < 4.78 is 5.43. The highest BCUT2D eigenvalue weighted by molar-refractivity contribution is 5.69. The summed E-state index contributed by atoms with van der Waals surface area (Å²) in [5.41, 5.74) is 9.06. The first kappa shape index (κ1) is 24.5. The summed E-state index contributed by atoms with van der Waals surface area (Å²) in [7, 11) is 0. The van der Waals surface area contributed by atoms with Crippen molar-refractivity contribution in [1.29, 1.82) is 0 Å². The van der Waals surface area contributed by atoms with E-state index in [-0.39, 0.29) is 6.02 Å². The second-order valence-corrected chi connectivity index (χ2v) is 8.41. The largest absolute Gasteiger partial charge is 0.443 e. The molecule has 0 saturated carbocycles. The van der Waals surface area contributed by atoms with Crippen LogP contribution in [0.4, 0.5) is 0 Å². The molecule has 160 valence electrons. The molecule has 28 heavy (non-hydrogen) atoms. The van der Waals surface area contributed by atoms with Gasteiger partial charge in [-0.1, -0.05) is 103 Å². The minimum absolute atomic E-state index is 0.00548. The van der Waals surface area contributed by atoms with Crippen LogP contribution in [0, 0.1) is 13.8 Å². The van der Waals surface area contributed by atoms with Crippen LogP contribution in [0.2, 0.25) is 0 Å². The summed E-state index contributed by atoms with van der Waals surface area (Å²) in [6, 6.07) is 4.41. The van der Waals surface area contributed by atoms with Gasteiger partial charge in [0.05, 0.1) is 0 Å². The van der Waals surface area contributed by atoms with Gasteiger partial charge in [-0.25, -0.2) is 0 Å². The number of rotatable bonds is 16. The van der Waals surface area contributed by atoms with Gasteiger partial charge in [0.25, 0.3) is 0 Å². The van der Waals surface area contributed by atoms with Crippen molar-refractivity contribution in [3.05, 3.63) is 28.8 Å². The van der Waals surface area contributed by atoms with E-state index in [1.54, 1.807) is 0 Å². The molecular formula is C25H45N2O+. The number of ether oxygens (including phenoxy) is 1. The highest BCUT2D eigenvalue weighted by Crippen LogP contribution is 2.25. The SMILES string of the molecule is CCCCCCCCCCCCCCCCc1cc(C)c(OC(N)=[NH2+])c(C)c1. The fraction of sp³-hybridized carbons (Fsp3) is 0.720. The molecule has 0 spiro atoms. The topological polar surface area (TPSA) is 60.8 Å². The Bertz CT molecular complexity index is 530. The second kappa shape index (κ2) is 15.4. The third kappa shape index (κ3) is 11.4. The van der Waals surface area contributed by atoms with Crippen molar-refractivity contribution in [2.75, 3.05) is 0 Å². The standard InChI is InChI=1S/C25H44N2O/c1-4-5-6-7-8-9-10-11-12-13-14-15-16-17-18-23-19-21(2)24(22(3)20-23)28-25(26)27/h19-20H,4-18H2,1-3H3,(H3,26,27)/p+1. The van der Waals surface area contributed by atoms with Gasteiger partial charge in [-0.15, -0.1) is 0 Å². The molecule has 0 aromatic heterocycles. The van der Waals surface area contributed by atoms with Crippen LogP contribution in [0.15, 0.2) is 12.1 Å². The van der Waals surface area contributed by atoms with Gasteiger partial charge in [-0.3, -0.25) is 11.1 Å². The number of unbranched alkanes of at least 4 members (excludes halogenated alkanes) is 13. The van der Waals surface area contributed by atoms with Gasteiger partial charge in [0.2, 0.25) is 0 Å². The van der Waals surface area contributed by atoms with Gasteiger partial charge < -0.3 is 4.74 Å². The number of benzene rings is 1. The summed E-state index contributed by atoms with van der Waals surface area (Å²) in [5.74, 6) is 0.796. The predicted octanol–water partition coefficient (Wildman–Crippen LogP) is 5.78. The number of hydrogen-bond acceptors (Lipinski definition) is 1. The third-order valence-corrected chi connectivity index (χ3v) is 5.56. The Morgan fingerprint density at radius 2 is 1.14 bits per heavy atom. The van der Waals surface area contributed by atoms with Crippen molar-refractivity contribution in [3.8, 4) is 5.75 Å². The van der Waals surface area contributed by atoms with E-state index in [0.717, 1.165) is 23.3 Å². The maximum Gasteiger partial charge on any atom is 0.443 e. The Labute approximate surface area is 174 Å². The van der Waals surface area contributed by atoms with E-state index < -0.39 is 0 Å². The zero-order chi connectivity index (χ0) is 20.6. The van der Waals surface area contributed by atoms with E-state index in [4.69, 9.17) is 15.9 Å². The molecule has 0 aliphatic rings. The molecule has 1 rings (SSSR count). The van der Waals surface area contributed by atoms with Crippen LogP contribution in [0.1, 0.15) is 114 Å². The fourth-order valence-corrected chi connectivity index (χ4v) is 3.99. The number of hydrogen-bond donors (Lipinski definition) is 2. The highest BCUT2D eigenvalue weighted by Gasteiger charge is 2.09. The van der Waals surface area contributed by atoms with Crippen molar-refractivity contribution in [1.82, 2.24) is 0 Å². The van der Waals surface area contributed by atoms with E-state index >= 15 is 0 Å². The minimum atomic E-state index is 0.00548. The summed E-state index contributed by atoms with van der Waals surface area (Å²) >= 11 is 0. The Morgan fingerprint density at radius 3 is 1.54 bits per heavy atom. The van der Waals surface area contributed by atoms with Crippen LogP contribution in [0.3, 0.4) is 0 Å². The van der Waals surface area contributed by atoms with Gasteiger partial charge in [0.15, 0.2) is 0 Å². The lowest BCUT2D eigenvalue weighted by Gasteiger charge is -2.11. The molecule has 0 heterocycles. The first-order chi connectivity index (χ1) is 13.5. The Kier molecular flexibility index (Phi) is 13.5. The summed E-state index contributed by atoms with van der Waals surface area (Å²) in [4.78, 5) is 0. The molecule has 0 aliphatic heterocycles. The van der Waals surface area contributed by atoms with E-state index in [1.165, 1.54) is 95.5 Å². The molecule has 0 aliphatic carbocycles. The molecule has 1 aromatic carbocycles. The molecule has 0 atom stereocenters. The zero-order valence-corrected chi connectivity index (χ0v) is 18.8. The van der Waals surface area contributed by atoms with E-state index in [0.29, 0.717) is 0 Å². The lowest BCUT2D eigenvalue weighted by atomic mass is 10.00. The molecular weight excluding hydrogens is 344 g/mol. The van der Waals surface area contributed by atoms with E-state index in [9.17, 15) is 0 Å². The van der Waals surface area contributed by atoms with Crippen LogP contribution in [0.5, 0.6) is 5.75 Å². The van der Waals surface area contributed by atoms with Crippen molar-refractivity contribution in [2.24, 2.45) is 5.73 Å². The van der Waals surface area contributed by atoms with Crippen LogP contribution < -0.4 is 15.9 Å². The normalized spacial score (nSPS) is 11.0. The van der Waals surface area contributed by atoms with Crippen LogP contribution in [0.25, 0.3) is 0 Å².